The van der Waals surface area contributed by atoms with Crippen molar-refractivity contribution in [2.75, 3.05) is 0 Å². The maximum Gasteiger partial charge on any atom is 0.0190 e. The molecule has 2 aliphatic rings. The molecule has 0 nitrogen and oxygen atoms in total. The monoisotopic (exact) mass is 396 g/mol. The van der Waals surface area contributed by atoms with Crippen LogP contribution >= 0.6 is 23.5 Å². The van der Waals surface area contributed by atoms with Crippen LogP contribution in [0.4, 0.5) is 0 Å². The van der Waals surface area contributed by atoms with Gasteiger partial charge < -0.3 is 0 Å². The average Bonchev–Trinajstić information content (AvgIpc) is 2.67. The Morgan fingerprint density at radius 1 is 0.444 bits per heavy atom. The van der Waals surface area contributed by atoms with Gasteiger partial charge in [-0.05, 0) is 59.1 Å². The second-order valence-electron chi connectivity index (χ2n) is 8.17. The SMILES string of the molecule is c1cc2c3cc1CSCc1ccc(c(c1)CSC3)CCCCCCCCC2. The summed E-state index contributed by atoms with van der Waals surface area (Å²) in [7, 11) is 0. The molecule has 0 amide bonds. The largest absolute Gasteiger partial charge is 0.152 e. The summed E-state index contributed by atoms with van der Waals surface area (Å²) in [5.74, 6) is 4.60. The van der Waals surface area contributed by atoms with Crippen molar-refractivity contribution in [2.24, 2.45) is 0 Å². The minimum absolute atomic E-state index is 1.13. The number of thioether (sulfide) groups is 2. The Labute approximate surface area is 173 Å². The van der Waals surface area contributed by atoms with Gasteiger partial charge in [-0.1, -0.05) is 68.5 Å². The zero-order chi connectivity index (χ0) is 18.3. The van der Waals surface area contributed by atoms with Crippen LogP contribution in [0.3, 0.4) is 0 Å². The van der Waals surface area contributed by atoms with Crippen molar-refractivity contribution in [1.82, 2.24) is 0 Å². The van der Waals surface area contributed by atoms with E-state index in [9.17, 15) is 0 Å². The molecule has 4 rings (SSSR count). The van der Waals surface area contributed by atoms with Gasteiger partial charge in [0, 0.05) is 23.0 Å². The third kappa shape index (κ3) is 5.57. The Kier molecular flexibility index (Phi) is 7.26. The van der Waals surface area contributed by atoms with Crippen LogP contribution in [0, 0.1) is 0 Å². The highest BCUT2D eigenvalue weighted by Crippen LogP contribution is 2.30. The van der Waals surface area contributed by atoms with E-state index in [0.29, 0.717) is 0 Å². The molecular formula is C25H32S2. The summed E-state index contributed by atoms with van der Waals surface area (Å²) < 4.78 is 0. The van der Waals surface area contributed by atoms with E-state index in [1.807, 2.05) is 0 Å². The molecule has 2 aromatic carbocycles. The normalized spacial score (nSPS) is 19.1. The first-order chi connectivity index (χ1) is 13.4. The second-order valence-corrected chi connectivity index (χ2v) is 10.1. The zero-order valence-electron chi connectivity index (χ0n) is 16.5. The van der Waals surface area contributed by atoms with Crippen LogP contribution in [-0.4, -0.2) is 0 Å². The zero-order valence-corrected chi connectivity index (χ0v) is 18.1. The Hall–Kier alpha value is -0.860. The molecule has 2 aromatic rings. The molecule has 0 radical (unpaired) electrons. The van der Waals surface area contributed by atoms with Gasteiger partial charge in [-0.2, -0.15) is 23.5 Å². The van der Waals surface area contributed by atoms with Crippen molar-refractivity contribution >= 4 is 23.5 Å². The van der Waals surface area contributed by atoms with Gasteiger partial charge in [-0.25, -0.2) is 0 Å². The number of aryl methyl sites for hydroxylation is 2. The topological polar surface area (TPSA) is 0 Å². The first kappa shape index (κ1) is 19.5. The Balaban J connectivity index is 1.62. The van der Waals surface area contributed by atoms with Crippen molar-refractivity contribution in [3.8, 4) is 0 Å². The molecular weight excluding hydrogens is 364 g/mol. The predicted octanol–water partition coefficient (Wildman–Crippen LogP) is 7.70. The lowest BCUT2D eigenvalue weighted by molar-refractivity contribution is 0.578. The summed E-state index contributed by atoms with van der Waals surface area (Å²) in [6.07, 6.45) is 12.3. The van der Waals surface area contributed by atoms with Gasteiger partial charge >= 0.3 is 0 Å². The Bertz CT molecular complexity index is 688. The van der Waals surface area contributed by atoms with E-state index in [0.717, 1.165) is 23.0 Å². The van der Waals surface area contributed by atoms with Crippen molar-refractivity contribution in [2.45, 2.75) is 80.8 Å². The maximum atomic E-state index is 2.51. The first-order valence-electron chi connectivity index (χ1n) is 10.8. The molecule has 2 aliphatic heterocycles. The van der Waals surface area contributed by atoms with E-state index in [4.69, 9.17) is 0 Å². The molecule has 4 bridgehead atoms. The third-order valence-electron chi connectivity index (χ3n) is 5.99. The molecule has 0 N–H and O–H groups in total. The van der Waals surface area contributed by atoms with E-state index in [1.165, 1.54) is 68.9 Å². The molecule has 144 valence electrons. The molecule has 0 saturated carbocycles. The third-order valence-corrected chi connectivity index (χ3v) is 8.09. The van der Waals surface area contributed by atoms with E-state index < -0.39 is 0 Å². The molecule has 2 heterocycles. The smallest absolute Gasteiger partial charge is 0.0190 e. The van der Waals surface area contributed by atoms with Gasteiger partial charge in [-0.15, -0.1) is 0 Å². The lowest BCUT2D eigenvalue weighted by Crippen LogP contribution is -2.00. The fourth-order valence-corrected chi connectivity index (χ4v) is 6.38. The highest BCUT2D eigenvalue weighted by molar-refractivity contribution is 7.98. The lowest BCUT2D eigenvalue weighted by Gasteiger charge is -2.16. The average molecular weight is 397 g/mol. The van der Waals surface area contributed by atoms with E-state index in [2.05, 4.69) is 59.9 Å². The fraction of sp³-hybridized carbons (Fsp3) is 0.520. The number of benzene rings is 2. The number of hydrogen-bond acceptors (Lipinski definition) is 2. The van der Waals surface area contributed by atoms with Crippen LogP contribution in [0.2, 0.25) is 0 Å². The molecule has 27 heavy (non-hydrogen) atoms. The highest BCUT2D eigenvalue weighted by Gasteiger charge is 2.10. The van der Waals surface area contributed by atoms with Gasteiger partial charge in [0.15, 0.2) is 0 Å². The molecule has 0 unspecified atom stereocenters. The van der Waals surface area contributed by atoms with Crippen LogP contribution in [0.25, 0.3) is 0 Å². The molecule has 0 aromatic heterocycles. The minimum Gasteiger partial charge on any atom is -0.152 e. The number of fused-ring (bicyclic) bond motifs is 4. The summed E-state index contributed by atoms with van der Waals surface area (Å²) in [6, 6.07) is 14.7. The molecule has 0 spiro atoms. The van der Waals surface area contributed by atoms with Gasteiger partial charge in [0.25, 0.3) is 0 Å². The van der Waals surface area contributed by atoms with Crippen molar-refractivity contribution < 1.29 is 0 Å². The Morgan fingerprint density at radius 3 is 1.41 bits per heavy atom. The maximum absolute atomic E-state index is 2.51. The van der Waals surface area contributed by atoms with E-state index >= 15 is 0 Å². The van der Waals surface area contributed by atoms with Gasteiger partial charge in [0.05, 0.1) is 0 Å². The van der Waals surface area contributed by atoms with Gasteiger partial charge in [0.2, 0.25) is 0 Å². The Morgan fingerprint density at radius 2 is 0.889 bits per heavy atom. The predicted molar refractivity (Wildman–Crippen MR) is 123 cm³/mol. The number of rotatable bonds is 0. The van der Waals surface area contributed by atoms with Gasteiger partial charge in [0.1, 0.15) is 0 Å². The quantitative estimate of drug-likeness (QED) is 0.447. The van der Waals surface area contributed by atoms with Crippen molar-refractivity contribution in [1.29, 1.82) is 0 Å². The van der Waals surface area contributed by atoms with Gasteiger partial charge in [-0.3, -0.25) is 0 Å². The molecule has 0 atom stereocenters. The summed E-state index contributed by atoms with van der Waals surface area (Å²) in [5.41, 5.74) is 9.42. The lowest BCUT2D eigenvalue weighted by atomic mass is 9.98. The van der Waals surface area contributed by atoms with Crippen LogP contribution < -0.4 is 0 Å². The summed E-state index contributed by atoms with van der Waals surface area (Å²) in [6.45, 7) is 0. The molecule has 2 heteroatoms. The fourth-order valence-electron chi connectivity index (χ4n) is 4.37. The second kappa shape index (κ2) is 10.1. The number of hydrogen-bond donors (Lipinski definition) is 0. The van der Waals surface area contributed by atoms with Crippen LogP contribution in [0.1, 0.15) is 78.3 Å². The van der Waals surface area contributed by atoms with Crippen molar-refractivity contribution in [3.05, 3.63) is 69.8 Å². The molecule has 0 saturated heterocycles. The summed E-state index contributed by atoms with van der Waals surface area (Å²) in [5, 5.41) is 0. The van der Waals surface area contributed by atoms with E-state index in [-0.39, 0.29) is 0 Å². The summed E-state index contributed by atoms with van der Waals surface area (Å²) >= 11 is 4.18. The molecule has 0 aliphatic carbocycles. The van der Waals surface area contributed by atoms with Crippen LogP contribution in [0.15, 0.2) is 36.4 Å². The summed E-state index contributed by atoms with van der Waals surface area (Å²) in [4.78, 5) is 0. The van der Waals surface area contributed by atoms with Crippen molar-refractivity contribution in [3.63, 3.8) is 0 Å². The molecule has 0 fully saturated rings. The van der Waals surface area contributed by atoms with E-state index in [1.54, 1.807) is 22.3 Å². The standard InChI is InChI=1S/C25H32S2/c1-2-4-6-8-22-12-10-20-14-24(22)18-27-19-25-15-21(17-26-16-20)11-13-23(25)9-7-5-3-1/h10-15H,1-9,16-19H2. The van der Waals surface area contributed by atoms with Crippen LogP contribution in [-0.2, 0) is 35.9 Å². The van der Waals surface area contributed by atoms with Crippen LogP contribution in [0.5, 0.6) is 0 Å². The highest BCUT2D eigenvalue weighted by atomic mass is 32.2. The minimum atomic E-state index is 1.13. The first-order valence-corrected chi connectivity index (χ1v) is 13.1.